The van der Waals surface area contributed by atoms with Crippen molar-refractivity contribution in [3.8, 4) is 0 Å². The fourth-order valence-corrected chi connectivity index (χ4v) is 4.78. The maximum absolute atomic E-state index is 13.1. The van der Waals surface area contributed by atoms with Gasteiger partial charge < -0.3 is 15.6 Å². The minimum atomic E-state index is -3.68. The van der Waals surface area contributed by atoms with Crippen LogP contribution in [0.3, 0.4) is 0 Å². The van der Waals surface area contributed by atoms with E-state index in [0.717, 1.165) is 12.8 Å². The fourth-order valence-electron chi connectivity index (χ4n) is 3.24. The van der Waals surface area contributed by atoms with E-state index in [1.807, 2.05) is 0 Å². The van der Waals surface area contributed by atoms with Crippen molar-refractivity contribution in [3.63, 3.8) is 0 Å². The third-order valence-corrected chi connectivity index (χ3v) is 6.65. The number of nitrogen functional groups attached to an aromatic ring is 1. The van der Waals surface area contributed by atoms with Gasteiger partial charge in [0.05, 0.1) is 11.4 Å². The Bertz CT molecular complexity index is 1260. The number of nitrogens with zero attached hydrogens (tertiary/aromatic N) is 5. The average molecular weight is 445 g/mol. The lowest BCUT2D eigenvalue weighted by atomic mass is 10.3. The molecule has 1 aliphatic heterocycles. The van der Waals surface area contributed by atoms with Crippen molar-refractivity contribution in [2.75, 3.05) is 24.1 Å². The molecule has 0 unspecified atom stereocenters. The maximum Gasteiger partial charge on any atom is 0.251 e. The molecule has 0 radical (unpaired) electrons. The number of benzene rings is 1. The Morgan fingerprint density at radius 3 is 2.45 bits per heavy atom. The summed E-state index contributed by atoms with van der Waals surface area (Å²) in [6.45, 7) is 0.820. The highest BCUT2D eigenvalue weighted by atomic mass is 32.2. The third kappa shape index (κ3) is 4.70. The van der Waals surface area contributed by atoms with E-state index >= 15 is 0 Å². The molecule has 3 heterocycles. The number of rotatable bonds is 6. The van der Waals surface area contributed by atoms with Crippen LogP contribution in [0, 0.1) is 5.82 Å². The number of nitrogens with two attached hydrogens (primary N) is 1. The minimum Gasteiger partial charge on any atom is -0.368 e. The Balaban J connectivity index is 1.61. The molecule has 0 spiro atoms. The van der Waals surface area contributed by atoms with Gasteiger partial charge in [-0.3, -0.25) is 4.79 Å². The lowest BCUT2D eigenvalue weighted by Crippen LogP contribution is -2.30. The molecule has 162 valence electrons. The van der Waals surface area contributed by atoms with Crippen LogP contribution in [0.1, 0.15) is 18.7 Å². The van der Waals surface area contributed by atoms with Gasteiger partial charge in [-0.05, 0) is 43.2 Å². The predicted molar refractivity (Wildman–Crippen MR) is 112 cm³/mol. The van der Waals surface area contributed by atoms with Gasteiger partial charge in [0.1, 0.15) is 5.82 Å². The second kappa shape index (κ2) is 8.40. The van der Waals surface area contributed by atoms with Crippen LogP contribution in [0.5, 0.6) is 0 Å². The SMILES string of the molecule is Nc1nc(Cn2cc(S(=O)(=O)N3CCCC3)ccc2=O)nc(Nc2ccc(F)cc2)n1. The van der Waals surface area contributed by atoms with E-state index in [-0.39, 0.29) is 35.0 Å². The van der Waals surface area contributed by atoms with Crippen LogP contribution in [-0.4, -0.2) is 45.3 Å². The topological polar surface area (TPSA) is 136 Å². The molecule has 0 aliphatic carbocycles. The Morgan fingerprint density at radius 2 is 1.74 bits per heavy atom. The molecule has 0 saturated carbocycles. The van der Waals surface area contributed by atoms with E-state index < -0.39 is 15.6 Å². The lowest BCUT2D eigenvalue weighted by Gasteiger charge is -2.16. The summed E-state index contributed by atoms with van der Waals surface area (Å²) in [4.78, 5) is 24.6. The molecule has 2 aromatic heterocycles. The second-order valence-electron chi connectivity index (χ2n) is 7.01. The Labute approximate surface area is 177 Å². The molecule has 0 bridgehead atoms. The van der Waals surface area contributed by atoms with Crippen molar-refractivity contribution >= 4 is 27.6 Å². The fraction of sp³-hybridized carbons (Fsp3) is 0.263. The van der Waals surface area contributed by atoms with Crippen LogP contribution in [-0.2, 0) is 16.6 Å². The van der Waals surface area contributed by atoms with Gasteiger partial charge in [0.2, 0.25) is 21.9 Å². The molecule has 3 aromatic rings. The molecule has 4 rings (SSSR count). The van der Waals surface area contributed by atoms with E-state index in [1.54, 1.807) is 0 Å². The summed E-state index contributed by atoms with van der Waals surface area (Å²) in [5.74, 6) is -0.189. The summed E-state index contributed by atoms with van der Waals surface area (Å²) in [5, 5.41) is 2.89. The molecule has 1 saturated heterocycles. The highest BCUT2D eigenvalue weighted by molar-refractivity contribution is 7.89. The normalized spacial score (nSPS) is 14.6. The first-order valence-corrected chi connectivity index (χ1v) is 11.0. The molecular formula is C19H20FN7O3S. The zero-order valence-corrected chi connectivity index (χ0v) is 17.2. The first-order valence-electron chi connectivity index (χ1n) is 9.55. The number of pyridine rings is 1. The third-order valence-electron chi connectivity index (χ3n) is 4.77. The highest BCUT2D eigenvalue weighted by Gasteiger charge is 2.27. The number of aromatic nitrogens is 4. The first-order chi connectivity index (χ1) is 14.8. The summed E-state index contributed by atoms with van der Waals surface area (Å²) >= 11 is 0. The summed E-state index contributed by atoms with van der Waals surface area (Å²) in [6, 6.07) is 8.07. The Morgan fingerprint density at radius 1 is 1.03 bits per heavy atom. The quantitative estimate of drug-likeness (QED) is 0.580. The zero-order chi connectivity index (χ0) is 22.0. The van der Waals surface area contributed by atoms with Gasteiger partial charge in [0.15, 0.2) is 5.82 Å². The Hall–Kier alpha value is -3.38. The highest BCUT2D eigenvalue weighted by Crippen LogP contribution is 2.20. The van der Waals surface area contributed by atoms with E-state index in [4.69, 9.17) is 5.73 Å². The Kier molecular flexibility index (Phi) is 5.65. The molecule has 3 N–H and O–H groups in total. The summed E-state index contributed by atoms with van der Waals surface area (Å²) in [6.07, 6.45) is 2.91. The number of hydrogen-bond acceptors (Lipinski definition) is 8. The van der Waals surface area contributed by atoms with Crippen LogP contribution in [0.4, 0.5) is 22.0 Å². The minimum absolute atomic E-state index is 0.0284. The van der Waals surface area contributed by atoms with Crippen LogP contribution < -0.4 is 16.6 Å². The van der Waals surface area contributed by atoms with Crippen molar-refractivity contribution in [2.45, 2.75) is 24.3 Å². The molecule has 1 aliphatic rings. The van der Waals surface area contributed by atoms with Gasteiger partial charge in [-0.25, -0.2) is 12.8 Å². The summed E-state index contributed by atoms with van der Waals surface area (Å²) in [5.41, 5.74) is 5.88. The van der Waals surface area contributed by atoms with Crippen LogP contribution >= 0.6 is 0 Å². The van der Waals surface area contributed by atoms with Gasteiger partial charge in [0.25, 0.3) is 5.56 Å². The van der Waals surface area contributed by atoms with Crippen molar-refractivity contribution in [1.82, 2.24) is 23.8 Å². The van der Waals surface area contributed by atoms with E-state index in [1.165, 1.54) is 51.5 Å². The molecular weight excluding hydrogens is 425 g/mol. The van der Waals surface area contributed by atoms with Crippen molar-refractivity contribution in [1.29, 1.82) is 0 Å². The summed E-state index contributed by atoms with van der Waals surface area (Å²) < 4.78 is 41.3. The molecule has 0 atom stereocenters. The van der Waals surface area contributed by atoms with Crippen LogP contribution in [0.2, 0.25) is 0 Å². The zero-order valence-electron chi connectivity index (χ0n) is 16.4. The van der Waals surface area contributed by atoms with E-state index in [2.05, 4.69) is 20.3 Å². The predicted octanol–water partition coefficient (Wildman–Crippen LogP) is 1.33. The van der Waals surface area contributed by atoms with Crippen molar-refractivity contribution in [3.05, 3.63) is 64.6 Å². The number of anilines is 3. The number of halogens is 1. The van der Waals surface area contributed by atoms with Gasteiger partial charge in [0, 0.05) is 31.0 Å². The monoisotopic (exact) mass is 445 g/mol. The van der Waals surface area contributed by atoms with Gasteiger partial charge in [-0.15, -0.1) is 0 Å². The van der Waals surface area contributed by atoms with E-state index in [9.17, 15) is 17.6 Å². The second-order valence-corrected chi connectivity index (χ2v) is 8.95. The molecule has 31 heavy (non-hydrogen) atoms. The molecule has 10 nitrogen and oxygen atoms in total. The lowest BCUT2D eigenvalue weighted by molar-refractivity contribution is 0.476. The molecule has 1 aromatic carbocycles. The van der Waals surface area contributed by atoms with Gasteiger partial charge in [-0.1, -0.05) is 0 Å². The maximum atomic E-state index is 13.1. The van der Waals surface area contributed by atoms with Crippen LogP contribution in [0.15, 0.2) is 52.3 Å². The van der Waals surface area contributed by atoms with Crippen LogP contribution in [0.25, 0.3) is 0 Å². The van der Waals surface area contributed by atoms with Gasteiger partial charge >= 0.3 is 0 Å². The van der Waals surface area contributed by atoms with Crippen molar-refractivity contribution in [2.24, 2.45) is 0 Å². The smallest absolute Gasteiger partial charge is 0.251 e. The molecule has 1 fully saturated rings. The standard InChI is InChI=1S/C19H20FN7O3S/c20-13-3-5-14(6-4-13)22-19-24-16(23-18(21)25-19)12-26-11-15(7-8-17(26)28)31(29,30)27-9-1-2-10-27/h3-8,11H,1-2,9-10,12H2,(H3,21,22,23,24,25). The van der Waals surface area contributed by atoms with E-state index in [0.29, 0.717) is 18.8 Å². The van der Waals surface area contributed by atoms with Gasteiger partial charge in [-0.2, -0.15) is 19.3 Å². The number of hydrogen-bond donors (Lipinski definition) is 2. The number of sulfonamides is 1. The largest absolute Gasteiger partial charge is 0.368 e. The molecule has 0 amide bonds. The molecule has 12 heteroatoms. The summed E-state index contributed by atoms with van der Waals surface area (Å²) in [7, 11) is -3.68. The van der Waals surface area contributed by atoms with Crippen molar-refractivity contribution < 1.29 is 12.8 Å². The first kappa shape index (κ1) is 20.9. The average Bonchev–Trinajstić information content (AvgIpc) is 3.27. The number of nitrogens with one attached hydrogen (secondary N) is 1.